The number of aryl methyl sites for hydroxylation is 2. The number of carbonyl (C=O) groups excluding carboxylic acids is 4. The van der Waals surface area contributed by atoms with Crippen molar-refractivity contribution in [1.29, 1.82) is 0 Å². The van der Waals surface area contributed by atoms with Crippen molar-refractivity contribution in [2.75, 3.05) is 10.2 Å². The molecule has 1 N–H and O–H groups in total. The van der Waals surface area contributed by atoms with Crippen molar-refractivity contribution >= 4 is 47.0 Å². The molecule has 8 heteroatoms. The van der Waals surface area contributed by atoms with Crippen molar-refractivity contribution in [1.82, 2.24) is 0 Å². The number of nitrogens with zero attached hydrogens (tertiary/aromatic N) is 1. The molecule has 1 aliphatic heterocycles. The Bertz CT molecular complexity index is 1340. The molecule has 3 aromatic carbocycles. The highest BCUT2D eigenvalue weighted by Gasteiger charge is 2.39. The fourth-order valence-electron chi connectivity index (χ4n) is 3.40. The summed E-state index contributed by atoms with van der Waals surface area (Å²) in [6.45, 7) is 3.68. The van der Waals surface area contributed by atoms with Crippen LogP contribution >= 0.6 is 11.6 Å². The highest BCUT2D eigenvalue weighted by Crippen LogP contribution is 2.32. The van der Waals surface area contributed by atoms with E-state index in [1.54, 1.807) is 30.3 Å². The summed E-state index contributed by atoms with van der Waals surface area (Å²) in [6, 6.07) is 17.8. The molecule has 3 aromatic rings. The van der Waals surface area contributed by atoms with Crippen LogP contribution in [-0.4, -0.2) is 24.1 Å². The van der Waals surface area contributed by atoms with Crippen molar-refractivity contribution in [2.45, 2.75) is 13.8 Å². The van der Waals surface area contributed by atoms with Gasteiger partial charge in [-0.05, 0) is 79.6 Å². The minimum Gasteiger partial charge on any atom is -0.423 e. The standard InChI is InChI=1S/C26H19ClN2O5/c1-15-3-4-16(2)21(13-15)29-24(31)22(27)23(25(29)32)28-19-9-7-18(8-10-19)26(33)34-20-11-5-17(14-30)6-12-20/h3-14,28H,1-2H3. The van der Waals surface area contributed by atoms with Crippen LogP contribution in [0, 0.1) is 13.8 Å². The maximum absolute atomic E-state index is 13.0. The number of halogens is 1. The number of hydrogen-bond acceptors (Lipinski definition) is 6. The van der Waals surface area contributed by atoms with Crippen LogP contribution in [0.15, 0.2) is 77.5 Å². The summed E-state index contributed by atoms with van der Waals surface area (Å²) in [5.41, 5.74) is 3.31. The lowest BCUT2D eigenvalue weighted by Crippen LogP contribution is -2.32. The van der Waals surface area contributed by atoms with E-state index in [-0.39, 0.29) is 16.3 Å². The number of ether oxygens (including phenoxy) is 1. The summed E-state index contributed by atoms with van der Waals surface area (Å²) in [5, 5.41) is 2.67. The molecule has 7 nitrogen and oxygen atoms in total. The summed E-state index contributed by atoms with van der Waals surface area (Å²) in [6.07, 6.45) is 0.697. The van der Waals surface area contributed by atoms with E-state index in [4.69, 9.17) is 16.3 Å². The third-order valence-electron chi connectivity index (χ3n) is 5.25. The van der Waals surface area contributed by atoms with Crippen LogP contribution in [-0.2, 0) is 9.59 Å². The zero-order valence-corrected chi connectivity index (χ0v) is 19.1. The molecule has 2 amide bonds. The summed E-state index contributed by atoms with van der Waals surface area (Å²) in [4.78, 5) is 49.9. The maximum atomic E-state index is 13.0. The van der Waals surface area contributed by atoms with E-state index in [0.29, 0.717) is 29.0 Å². The number of hydrogen-bond donors (Lipinski definition) is 1. The maximum Gasteiger partial charge on any atom is 0.343 e. The first-order valence-electron chi connectivity index (χ1n) is 10.3. The second-order valence-corrected chi connectivity index (χ2v) is 8.08. The molecule has 0 aromatic heterocycles. The molecule has 0 aliphatic carbocycles. The van der Waals surface area contributed by atoms with Gasteiger partial charge >= 0.3 is 5.97 Å². The predicted octanol–water partition coefficient (Wildman–Crippen LogP) is 4.77. The van der Waals surface area contributed by atoms with Gasteiger partial charge in [0.15, 0.2) is 0 Å². The molecule has 0 spiro atoms. The highest BCUT2D eigenvalue weighted by atomic mass is 35.5. The molecule has 0 fully saturated rings. The zero-order valence-electron chi connectivity index (χ0n) is 18.3. The van der Waals surface area contributed by atoms with E-state index in [0.717, 1.165) is 16.0 Å². The lowest BCUT2D eigenvalue weighted by atomic mass is 10.1. The molecule has 1 aliphatic rings. The molecule has 0 unspecified atom stereocenters. The van der Waals surface area contributed by atoms with Crippen molar-refractivity contribution in [2.24, 2.45) is 0 Å². The Morgan fingerprint density at radius 2 is 1.62 bits per heavy atom. The Labute approximate surface area is 200 Å². The number of anilines is 2. The molecule has 0 radical (unpaired) electrons. The topological polar surface area (TPSA) is 92.8 Å². The minimum absolute atomic E-state index is 0.0434. The van der Waals surface area contributed by atoms with Crippen LogP contribution in [0.25, 0.3) is 0 Å². The van der Waals surface area contributed by atoms with Gasteiger partial charge in [0.25, 0.3) is 11.8 Å². The Kier molecular flexibility index (Phi) is 6.30. The Morgan fingerprint density at radius 3 is 2.26 bits per heavy atom. The highest BCUT2D eigenvalue weighted by molar-refractivity contribution is 6.53. The number of benzene rings is 3. The first-order chi connectivity index (χ1) is 16.3. The summed E-state index contributed by atoms with van der Waals surface area (Å²) >= 11 is 6.21. The van der Waals surface area contributed by atoms with Gasteiger partial charge in [-0.3, -0.25) is 14.4 Å². The number of carbonyl (C=O) groups is 4. The normalized spacial score (nSPS) is 13.3. The van der Waals surface area contributed by atoms with E-state index in [1.165, 1.54) is 24.3 Å². The summed E-state index contributed by atoms with van der Waals surface area (Å²) < 4.78 is 5.29. The number of nitrogens with one attached hydrogen (secondary N) is 1. The molecule has 0 saturated heterocycles. The third-order valence-corrected chi connectivity index (χ3v) is 5.60. The molecule has 1 heterocycles. The quantitative estimate of drug-likeness (QED) is 0.239. The summed E-state index contributed by atoms with van der Waals surface area (Å²) in [5.74, 6) is -1.46. The van der Waals surface area contributed by atoms with E-state index in [1.807, 2.05) is 26.0 Å². The second kappa shape index (κ2) is 9.33. The number of aldehydes is 1. The average Bonchev–Trinajstić information content (AvgIpc) is 3.04. The lowest BCUT2D eigenvalue weighted by molar-refractivity contribution is -0.120. The van der Waals surface area contributed by atoms with Crippen LogP contribution in [0.3, 0.4) is 0 Å². The Morgan fingerprint density at radius 1 is 0.941 bits per heavy atom. The van der Waals surface area contributed by atoms with Crippen molar-refractivity contribution < 1.29 is 23.9 Å². The van der Waals surface area contributed by atoms with Gasteiger partial charge in [-0.1, -0.05) is 23.7 Å². The van der Waals surface area contributed by atoms with Crippen LogP contribution in [0.5, 0.6) is 5.75 Å². The van der Waals surface area contributed by atoms with Gasteiger partial charge in [0.05, 0.1) is 11.3 Å². The smallest absolute Gasteiger partial charge is 0.343 e. The van der Waals surface area contributed by atoms with Gasteiger partial charge in [0, 0.05) is 11.3 Å². The van der Waals surface area contributed by atoms with Gasteiger partial charge < -0.3 is 10.1 Å². The fourth-order valence-corrected chi connectivity index (χ4v) is 3.62. The molecule has 0 saturated carbocycles. The molecule has 4 rings (SSSR count). The Balaban J connectivity index is 1.48. The van der Waals surface area contributed by atoms with E-state index < -0.39 is 17.8 Å². The molecule has 0 atom stereocenters. The Hall–Kier alpha value is -4.23. The van der Waals surface area contributed by atoms with Crippen molar-refractivity contribution in [3.05, 3.63) is 99.7 Å². The number of esters is 1. The second-order valence-electron chi connectivity index (χ2n) is 7.70. The van der Waals surface area contributed by atoms with Crippen molar-refractivity contribution in [3.8, 4) is 5.75 Å². The monoisotopic (exact) mass is 474 g/mol. The SMILES string of the molecule is Cc1ccc(C)c(N2C(=O)C(Cl)=C(Nc3ccc(C(=O)Oc4ccc(C=O)cc4)cc3)C2=O)c1. The van der Waals surface area contributed by atoms with Crippen molar-refractivity contribution in [3.63, 3.8) is 0 Å². The van der Waals surface area contributed by atoms with Gasteiger partial charge in [-0.25, -0.2) is 9.69 Å². The van der Waals surface area contributed by atoms with Crippen LogP contribution < -0.4 is 15.0 Å². The first kappa shape index (κ1) is 22.9. The van der Waals surface area contributed by atoms with Crippen LogP contribution in [0.4, 0.5) is 11.4 Å². The van der Waals surface area contributed by atoms with E-state index >= 15 is 0 Å². The third kappa shape index (κ3) is 4.46. The van der Waals surface area contributed by atoms with E-state index in [9.17, 15) is 19.2 Å². The fraction of sp³-hybridized carbons (Fsp3) is 0.0769. The van der Waals surface area contributed by atoms with Crippen LogP contribution in [0.2, 0.25) is 0 Å². The number of imide groups is 1. The first-order valence-corrected chi connectivity index (χ1v) is 10.7. The van der Waals surface area contributed by atoms with E-state index in [2.05, 4.69) is 5.32 Å². The molecule has 34 heavy (non-hydrogen) atoms. The lowest BCUT2D eigenvalue weighted by Gasteiger charge is -2.18. The molecular formula is C26H19ClN2O5. The zero-order chi connectivity index (χ0) is 24.4. The van der Waals surface area contributed by atoms with Crippen LogP contribution in [0.1, 0.15) is 31.8 Å². The molecular weight excluding hydrogens is 456 g/mol. The van der Waals surface area contributed by atoms with Gasteiger partial charge in [0.1, 0.15) is 22.8 Å². The predicted molar refractivity (Wildman–Crippen MR) is 128 cm³/mol. The molecule has 170 valence electrons. The number of rotatable bonds is 6. The van der Waals surface area contributed by atoms with Gasteiger partial charge in [-0.15, -0.1) is 0 Å². The summed E-state index contributed by atoms with van der Waals surface area (Å²) in [7, 11) is 0. The average molecular weight is 475 g/mol. The largest absolute Gasteiger partial charge is 0.423 e. The minimum atomic E-state index is -0.608. The molecule has 0 bridgehead atoms. The van der Waals surface area contributed by atoms with Gasteiger partial charge in [-0.2, -0.15) is 0 Å². The number of amides is 2. The van der Waals surface area contributed by atoms with Gasteiger partial charge in [0.2, 0.25) is 0 Å².